The maximum absolute atomic E-state index is 13.5. The second kappa shape index (κ2) is 10.1. The van der Waals surface area contributed by atoms with Crippen LogP contribution in [0.25, 0.3) is 10.4 Å². The van der Waals surface area contributed by atoms with Crippen molar-refractivity contribution in [2.75, 3.05) is 6.54 Å². The fraction of sp³-hybridized carbons (Fsp3) is 0.462. The van der Waals surface area contributed by atoms with Crippen LogP contribution in [0.5, 0.6) is 0 Å². The van der Waals surface area contributed by atoms with Crippen LogP contribution in [0.15, 0.2) is 42.3 Å². The first-order valence-corrected chi connectivity index (χ1v) is 12.8. The van der Waals surface area contributed by atoms with E-state index in [-0.39, 0.29) is 29.8 Å². The van der Waals surface area contributed by atoms with Crippen molar-refractivity contribution in [3.05, 3.63) is 59.3 Å². The van der Waals surface area contributed by atoms with Gasteiger partial charge in [-0.1, -0.05) is 38.1 Å². The van der Waals surface area contributed by atoms with Gasteiger partial charge in [-0.15, -0.1) is 11.3 Å². The monoisotopic (exact) mass is 479 g/mol. The minimum atomic E-state index is -0.445. The molecule has 4 rings (SSSR count). The number of imidazole rings is 1. The SMILES string of the molecule is Cc1cn(C(C(=O)N2CCCC2C(=O)N[C@@H](C)c2ccc(-c3scnc3C)cc2)C(C)C)cn1. The first kappa shape index (κ1) is 24.1. The highest BCUT2D eigenvalue weighted by molar-refractivity contribution is 7.13. The van der Waals surface area contributed by atoms with Crippen LogP contribution in [-0.4, -0.2) is 43.8 Å². The molecule has 0 saturated carbocycles. The molecule has 8 heteroatoms. The number of carbonyl (C=O) groups excluding carboxylic acids is 2. The lowest BCUT2D eigenvalue weighted by Crippen LogP contribution is -2.49. The van der Waals surface area contributed by atoms with Gasteiger partial charge in [0.2, 0.25) is 11.8 Å². The second-order valence-electron chi connectivity index (χ2n) is 9.46. The van der Waals surface area contributed by atoms with Crippen molar-refractivity contribution >= 4 is 23.2 Å². The smallest absolute Gasteiger partial charge is 0.246 e. The molecule has 2 aromatic heterocycles. The molecule has 3 heterocycles. The van der Waals surface area contributed by atoms with E-state index < -0.39 is 6.04 Å². The van der Waals surface area contributed by atoms with Gasteiger partial charge >= 0.3 is 0 Å². The number of benzene rings is 1. The molecule has 34 heavy (non-hydrogen) atoms. The molecule has 1 N–H and O–H groups in total. The van der Waals surface area contributed by atoms with Crippen molar-refractivity contribution in [1.29, 1.82) is 0 Å². The number of amides is 2. The fourth-order valence-corrected chi connectivity index (χ4v) is 5.53. The Morgan fingerprint density at radius 1 is 1.12 bits per heavy atom. The van der Waals surface area contributed by atoms with E-state index in [4.69, 9.17) is 0 Å². The van der Waals surface area contributed by atoms with Gasteiger partial charge in [0.25, 0.3) is 0 Å². The summed E-state index contributed by atoms with van der Waals surface area (Å²) >= 11 is 1.63. The molecule has 2 amide bonds. The molecule has 180 valence electrons. The summed E-state index contributed by atoms with van der Waals surface area (Å²) in [5.74, 6) is -0.0166. The van der Waals surface area contributed by atoms with E-state index in [1.165, 1.54) is 0 Å². The minimum absolute atomic E-state index is 0.0121. The van der Waals surface area contributed by atoms with Crippen LogP contribution in [0.2, 0.25) is 0 Å². The number of aromatic nitrogens is 3. The number of carbonyl (C=O) groups is 2. The minimum Gasteiger partial charge on any atom is -0.348 e. The number of rotatable bonds is 7. The van der Waals surface area contributed by atoms with Crippen molar-refractivity contribution < 1.29 is 9.59 Å². The number of hydrogen-bond acceptors (Lipinski definition) is 5. The Morgan fingerprint density at radius 2 is 1.85 bits per heavy atom. The van der Waals surface area contributed by atoms with Crippen molar-refractivity contribution in [3.63, 3.8) is 0 Å². The van der Waals surface area contributed by atoms with E-state index in [2.05, 4.69) is 27.4 Å². The van der Waals surface area contributed by atoms with E-state index in [0.717, 1.165) is 33.8 Å². The van der Waals surface area contributed by atoms with Crippen LogP contribution in [0.3, 0.4) is 0 Å². The lowest BCUT2D eigenvalue weighted by molar-refractivity contribution is -0.142. The zero-order valence-electron chi connectivity index (χ0n) is 20.5. The molecular formula is C26H33N5O2S. The highest BCUT2D eigenvalue weighted by Gasteiger charge is 2.39. The molecule has 1 aromatic carbocycles. The number of thiazole rings is 1. The molecule has 0 radical (unpaired) electrons. The summed E-state index contributed by atoms with van der Waals surface area (Å²) in [5, 5.41) is 3.14. The molecule has 0 bridgehead atoms. The number of aryl methyl sites for hydroxylation is 2. The van der Waals surface area contributed by atoms with Crippen LogP contribution in [0, 0.1) is 19.8 Å². The van der Waals surface area contributed by atoms with Crippen LogP contribution < -0.4 is 5.32 Å². The number of nitrogens with zero attached hydrogens (tertiary/aromatic N) is 4. The van der Waals surface area contributed by atoms with Gasteiger partial charge in [0.15, 0.2) is 0 Å². The Balaban J connectivity index is 1.44. The predicted octanol–water partition coefficient (Wildman–Crippen LogP) is 4.69. The topological polar surface area (TPSA) is 80.1 Å². The maximum Gasteiger partial charge on any atom is 0.246 e. The van der Waals surface area contributed by atoms with Crippen LogP contribution in [0.4, 0.5) is 0 Å². The summed E-state index contributed by atoms with van der Waals surface area (Å²) < 4.78 is 1.88. The summed E-state index contributed by atoms with van der Waals surface area (Å²) in [5.41, 5.74) is 5.91. The van der Waals surface area contributed by atoms with Crippen molar-refractivity contribution in [2.45, 2.75) is 65.6 Å². The van der Waals surface area contributed by atoms with Gasteiger partial charge in [-0.3, -0.25) is 9.59 Å². The third-order valence-electron chi connectivity index (χ3n) is 6.55. The summed E-state index contributed by atoms with van der Waals surface area (Å²) in [6, 6.07) is 7.28. The zero-order chi connectivity index (χ0) is 24.4. The highest BCUT2D eigenvalue weighted by atomic mass is 32.1. The highest BCUT2D eigenvalue weighted by Crippen LogP contribution is 2.29. The Kier molecular flexibility index (Phi) is 7.16. The van der Waals surface area contributed by atoms with Crippen molar-refractivity contribution in [1.82, 2.24) is 24.8 Å². The normalized spacial score (nSPS) is 17.7. The summed E-state index contributed by atoms with van der Waals surface area (Å²) in [7, 11) is 0. The van der Waals surface area contributed by atoms with E-state index in [9.17, 15) is 9.59 Å². The van der Waals surface area contributed by atoms with Gasteiger partial charge in [-0.05, 0) is 50.7 Å². The predicted molar refractivity (Wildman–Crippen MR) is 134 cm³/mol. The number of likely N-dealkylation sites (tertiary alicyclic amines) is 1. The van der Waals surface area contributed by atoms with Crippen LogP contribution in [-0.2, 0) is 9.59 Å². The third kappa shape index (κ3) is 4.92. The van der Waals surface area contributed by atoms with Crippen LogP contribution in [0.1, 0.15) is 62.6 Å². The molecule has 2 unspecified atom stereocenters. The average Bonchev–Trinajstić information content (AvgIpc) is 3.55. The first-order chi connectivity index (χ1) is 16.3. The summed E-state index contributed by atoms with van der Waals surface area (Å²) in [6.45, 7) is 10.6. The number of hydrogen-bond donors (Lipinski definition) is 1. The Morgan fingerprint density at radius 3 is 2.44 bits per heavy atom. The standard InChI is InChI=1S/C26H33N5O2S/c1-16(2)23(30-13-17(3)27-14-30)26(33)31-12-6-7-22(31)25(32)29-18(4)20-8-10-21(11-9-20)24-19(5)28-15-34-24/h8-11,13-16,18,22-23H,6-7,12H2,1-5H3,(H,29,32)/t18-,22?,23?/m0/s1. The lowest BCUT2D eigenvalue weighted by atomic mass is 10.0. The Hall–Kier alpha value is -3.00. The van der Waals surface area contributed by atoms with E-state index in [1.54, 1.807) is 22.6 Å². The molecule has 3 aromatic rings. The van der Waals surface area contributed by atoms with Gasteiger partial charge in [-0.25, -0.2) is 9.97 Å². The fourth-order valence-electron chi connectivity index (χ4n) is 4.72. The van der Waals surface area contributed by atoms with Gasteiger partial charge in [0.1, 0.15) is 12.1 Å². The molecule has 7 nitrogen and oxygen atoms in total. The Labute approximate surface area is 205 Å². The van der Waals surface area contributed by atoms with E-state index in [0.29, 0.717) is 13.0 Å². The lowest BCUT2D eigenvalue weighted by Gasteiger charge is -2.31. The molecule has 1 aliphatic heterocycles. The summed E-state index contributed by atoms with van der Waals surface area (Å²) in [6.07, 6.45) is 5.12. The average molecular weight is 480 g/mol. The Bertz CT molecular complexity index is 1150. The molecular weight excluding hydrogens is 446 g/mol. The zero-order valence-corrected chi connectivity index (χ0v) is 21.3. The largest absolute Gasteiger partial charge is 0.348 e. The van der Waals surface area contributed by atoms with Crippen LogP contribution >= 0.6 is 11.3 Å². The third-order valence-corrected chi connectivity index (χ3v) is 7.53. The molecule has 1 aliphatic rings. The van der Waals surface area contributed by atoms with E-state index >= 15 is 0 Å². The van der Waals surface area contributed by atoms with Gasteiger partial charge in [0, 0.05) is 12.7 Å². The summed E-state index contributed by atoms with van der Waals surface area (Å²) in [4.78, 5) is 38.3. The molecule has 1 saturated heterocycles. The molecule has 0 aliphatic carbocycles. The number of nitrogens with one attached hydrogen (secondary N) is 1. The van der Waals surface area contributed by atoms with Crippen molar-refractivity contribution in [2.24, 2.45) is 5.92 Å². The van der Waals surface area contributed by atoms with Gasteiger partial charge in [-0.2, -0.15) is 0 Å². The molecule has 0 spiro atoms. The quantitative estimate of drug-likeness (QED) is 0.533. The van der Waals surface area contributed by atoms with Gasteiger partial charge < -0.3 is 14.8 Å². The van der Waals surface area contributed by atoms with Crippen molar-refractivity contribution in [3.8, 4) is 10.4 Å². The first-order valence-electron chi connectivity index (χ1n) is 11.9. The van der Waals surface area contributed by atoms with Gasteiger partial charge in [0.05, 0.1) is 34.1 Å². The molecule has 1 fully saturated rings. The maximum atomic E-state index is 13.5. The van der Waals surface area contributed by atoms with E-state index in [1.807, 2.05) is 63.0 Å². The second-order valence-corrected chi connectivity index (χ2v) is 10.3. The molecule has 3 atom stereocenters.